The molecular weight excluding hydrogens is 294 g/mol. The highest BCUT2D eigenvalue weighted by molar-refractivity contribution is 9.10. The number of halogens is 1. The van der Waals surface area contributed by atoms with Crippen LogP contribution in [0.5, 0.6) is 0 Å². The van der Waals surface area contributed by atoms with Gasteiger partial charge in [-0.3, -0.25) is 4.79 Å². The summed E-state index contributed by atoms with van der Waals surface area (Å²) in [5, 5.41) is 2.99. The van der Waals surface area contributed by atoms with E-state index in [-0.39, 0.29) is 11.4 Å². The van der Waals surface area contributed by atoms with Crippen LogP contribution in [0, 0.1) is 0 Å². The standard InChI is InChI=1S/C13H22BrN3O/c1-6-17-8-10(14)7-11(17)12(18)15-9-13(2,3)16(4)5/h7-8H,6,9H2,1-5H3,(H,15,18). The topological polar surface area (TPSA) is 37.3 Å². The summed E-state index contributed by atoms with van der Waals surface area (Å²) < 4.78 is 2.86. The normalized spacial score (nSPS) is 11.9. The third-order valence-electron chi connectivity index (χ3n) is 3.33. The van der Waals surface area contributed by atoms with Gasteiger partial charge in [-0.05, 0) is 56.9 Å². The van der Waals surface area contributed by atoms with Crippen LogP contribution in [0.3, 0.4) is 0 Å². The molecule has 0 spiro atoms. The monoisotopic (exact) mass is 315 g/mol. The van der Waals surface area contributed by atoms with E-state index in [0.717, 1.165) is 11.0 Å². The van der Waals surface area contributed by atoms with Crippen molar-refractivity contribution >= 4 is 21.8 Å². The Morgan fingerprint density at radius 2 is 2.11 bits per heavy atom. The first-order valence-corrected chi connectivity index (χ1v) is 6.88. The minimum absolute atomic E-state index is 0.0301. The molecule has 0 radical (unpaired) electrons. The molecule has 18 heavy (non-hydrogen) atoms. The second-order valence-corrected chi connectivity index (χ2v) is 6.13. The molecule has 1 heterocycles. The maximum atomic E-state index is 12.1. The van der Waals surface area contributed by atoms with Crippen LogP contribution in [0.1, 0.15) is 31.3 Å². The molecule has 0 aromatic carbocycles. The lowest BCUT2D eigenvalue weighted by molar-refractivity contribution is 0.0910. The number of nitrogens with one attached hydrogen (secondary N) is 1. The average Bonchev–Trinajstić information content (AvgIpc) is 2.67. The van der Waals surface area contributed by atoms with Gasteiger partial charge < -0.3 is 14.8 Å². The molecule has 0 unspecified atom stereocenters. The van der Waals surface area contributed by atoms with E-state index in [1.165, 1.54) is 0 Å². The number of aryl methyl sites for hydroxylation is 1. The molecule has 1 rings (SSSR count). The van der Waals surface area contributed by atoms with Gasteiger partial charge >= 0.3 is 0 Å². The number of carbonyl (C=O) groups is 1. The molecular formula is C13H22BrN3O. The molecule has 5 heteroatoms. The molecule has 102 valence electrons. The Morgan fingerprint density at radius 3 is 2.61 bits per heavy atom. The average molecular weight is 316 g/mol. The van der Waals surface area contributed by atoms with Crippen LogP contribution in [-0.4, -0.2) is 41.6 Å². The third-order valence-corrected chi connectivity index (χ3v) is 3.76. The molecule has 1 amide bonds. The van der Waals surface area contributed by atoms with Crippen molar-refractivity contribution in [2.75, 3.05) is 20.6 Å². The van der Waals surface area contributed by atoms with E-state index in [4.69, 9.17) is 0 Å². The van der Waals surface area contributed by atoms with Gasteiger partial charge in [-0.1, -0.05) is 0 Å². The van der Waals surface area contributed by atoms with Gasteiger partial charge in [0.05, 0.1) is 0 Å². The highest BCUT2D eigenvalue weighted by Crippen LogP contribution is 2.15. The number of likely N-dealkylation sites (N-methyl/N-ethyl adjacent to an activating group) is 1. The highest BCUT2D eigenvalue weighted by Gasteiger charge is 2.22. The van der Waals surface area contributed by atoms with E-state index in [1.807, 2.05) is 37.8 Å². The van der Waals surface area contributed by atoms with Crippen LogP contribution in [0.25, 0.3) is 0 Å². The van der Waals surface area contributed by atoms with Crippen LogP contribution in [0.4, 0.5) is 0 Å². The number of amides is 1. The summed E-state index contributed by atoms with van der Waals surface area (Å²) in [6.07, 6.45) is 1.92. The minimum atomic E-state index is -0.0590. The van der Waals surface area contributed by atoms with Crippen molar-refractivity contribution in [2.24, 2.45) is 0 Å². The SMILES string of the molecule is CCn1cc(Br)cc1C(=O)NCC(C)(C)N(C)C. The van der Waals surface area contributed by atoms with Gasteiger partial charge in [-0.25, -0.2) is 0 Å². The van der Waals surface area contributed by atoms with Crippen molar-refractivity contribution in [3.05, 3.63) is 22.4 Å². The zero-order chi connectivity index (χ0) is 13.9. The van der Waals surface area contributed by atoms with Crippen molar-refractivity contribution in [1.82, 2.24) is 14.8 Å². The molecule has 0 aliphatic carbocycles. The molecule has 0 aliphatic heterocycles. The molecule has 0 saturated heterocycles. The fourth-order valence-corrected chi connectivity index (χ4v) is 1.94. The summed E-state index contributed by atoms with van der Waals surface area (Å²) in [5.41, 5.74) is 0.634. The van der Waals surface area contributed by atoms with E-state index in [9.17, 15) is 4.79 Å². The third kappa shape index (κ3) is 3.59. The predicted octanol–water partition coefficient (Wildman–Crippen LogP) is 2.34. The fourth-order valence-electron chi connectivity index (χ4n) is 1.47. The predicted molar refractivity (Wildman–Crippen MR) is 77.9 cm³/mol. The van der Waals surface area contributed by atoms with Gasteiger partial charge in [-0.2, -0.15) is 0 Å². The Kier molecular flexibility index (Phi) is 4.99. The van der Waals surface area contributed by atoms with Crippen LogP contribution in [0.15, 0.2) is 16.7 Å². The molecule has 1 aromatic heterocycles. The van der Waals surface area contributed by atoms with E-state index in [2.05, 4.69) is 40.0 Å². The highest BCUT2D eigenvalue weighted by atomic mass is 79.9. The van der Waals surface area contributed by atoms with E-state index < -0.39 is 0 Å². The van der Waals surface area contributed by atoms with Gasteiger partial charge in [0.15, 0.2) is 0 Å². The van der Waals surface area contributed by atoms with Gasteiger partial charge in [0.1, 0.15) is 5.69 Å². The van der Waals surface area contributed by atoms with Gasteiger partial charge in [-0.15, -0.1) is 0 Å². The van der Waals surface area contributed by atoms with Gasteiger partial charge in [0.25, 0.3) is 5.91 Å². The van der Waals surface area contributed by atoms with Crippen molar-refractivity contribution < 1.29 is 4.79 Å². The first-order valence-electron chi connectivity index (χ1n) is 6.09. The molecule has 0 bridgehead atoms. The zero-order valence-electron chi connectivity index (χ0n) is 11.7. The smallest absolute Gasteiger partial charge is 0.268 e. The van der Waals surface area contributed by atoms with Crippen LogP contribution < -0.4 is 5.32 Å². The van der Waals surface area contributed by atoms with E-state index in [1.54, 1.807) is 0 Å². The Balaban J connectivity index is 2.71. The lowest BCUT2D eigenvalue weighted by Crippen LogP contribution is -2.48. The molecule has 0 aliphatic rings. The summed E-state index contributed by atoms with van der Waals surface area (Å²) in [6, 6.07) is 1.85. The number of aromatic nitrogens is 1. The summed E-state index contributed by atoms with van der Waals surface area (Å²) in [4.78, 5) is 14.2. The second kappa shape index (κ2) is 5.89. The zero-order valence-corrected chi connectivity index (χ0v) is 13.3. The molecule has 0 atom stereocenters. The van der Waals surface area contributed by atoms with Crippen molar-refractivity contribution in [3.8, 4) is 0 Å². The summed E-state index contributed by atoms with van der Waals surface area (Å²) >= 11 is 3.40. The number of carbonyl (C=O) groups excluding carboxylic acids is 1. The Bertz CT molecular complexity index is 424. The maximum Gasteiger partial charge on any atom is 0.268 e. The first-order chi connectivity index (χ1) is 8.27. The van der Waals surface area contributed by atoms with Crippen molar-refractivity contribution in [1.29, 1.82) is 0 Å². The quantitative estimate of drug-likeness (QED) is 0.905. The Labute approximate surface area is 117 Å². The number of rotatable bonds is 5. The maximum absolute atomic E-state index is 12.1. The van der Waals surface area contributed by atoms with Gasteiger partial charge in [0, 0.05) is 29.3 Å². The number of nitrogens with zero attached hydrogens (tertiary/aromatic N) is 2. The second-order valence-electron chi connectivity index (χ2n) is 5.22. The summed E-state index contributed by atoms with van der Waals surface area (Å²) in [6.45, 7) is 7.62. The summed E-state index contributed by atoms with van der Waals surface area (Å²) in [7, 11) is 4.02. The lowest BCUT2D eigenvalue weighted by atomic mass is 10.0. The van der Waals surface area contributed by atoms with E-state index >= 15 is 0 Å². The van der Waals surface area contributed by atoms with Crippen LogP contribution in [0.2, 0.25) is 0 Å². The molecule has 4 nitrogen and oxygen atoms in total. The van der Waals surface area contributed by atoms with Crippen molar-refractivity contribution in [2.45, 2.75) is 32.9 Å². The fraction of sp³-hybridized carbons (Fsp3) is 0.615. The largest absolute Gasteiger partial charge is 0.349 e. The van der Waals surface area contributed by atoms with Gasteiger partial charge in [0.2, 0.25) is 0 Å². The number of hydrogen-bond acceptors (Lipinski definition) is 2. The first kappa shape index (κ1) is 15.2. The molecule has 0 saturated carbocycles. The van der Waals surface area contributed by atoms with E-state index in [0.29, 0.717) is 12.2 Å². The van der Waals surface area contributed by atoms with Crippen LogP contribution >= 0.6 is 15.9 Å². The molecule has 0 fully saturated rings. The molecule has 1 N–H and O–H groups in total. The molecule has 1 aromatic rings. The summed E-state index contributed by atoms with van der Waals surface area (Å²) in [5.74, 6) is -0.0301. The minimum Gasteiger partial charge on any atom is -0.349 e. The number of hydrogen-bond donors (Lipinski definition) is 1. The van der Waals surface area contributed by atoms with Crippen LogP contribution in [-0.2, 0) is 6.54 Å². The Morgan fingerprint density at radius 1 is 1.50 bits per heavy atom. The lowest BCUT2D eigenvalue weighted by Gasteiger charge is -2.32. The Hall–Kier alpha value is -0.810. The van der Waals surface area contributed by atoms with Crippen molar-refractivity contribution in [3.63, 3.8) is 0 Å².